The number of nitrogens with one attached hydrogen (secondary N) is 1. The lowest BCUT2D eigenvalue weighted by Gasteiger charge is -2.55. The molecule has 3 unspecified atom stereocenters. The Kier molecular flexibility index (Phi) is 5.58. The maximum absolute atomic E-state index is 14.6. The summed E-state index contributed by atoms with van der Waals surface area (Å²) in [4.78, 5) is 44.3. The molecule has 7 heterocycles. The molecule has 5 aliphatic rings. The fraction of sp³-hybridized carbons (Fsp3) is 0.452. The Morgan fingerprint density at radius 2 is 1.56 bits per heavy atom. The normalized spacial score (nSPS) is 30.0. The molecule has 2 saturated heterocycles. The van der Waals surface area contributed by atoms with Crippen molar-refractivity contribution >= 4 is 17.3 Å². The number of nitrogens with zero attached hydrogens (tertiary/aromatic N) is 4. The number of rotatable bonds is 2. The number of aromatic nitrogens is 2. The second-order valence-corrected chi connectivity index (χ2v) is 12.6. The molecule has 1 aromatic carbocycles. The maximum Gasteiger partial charge on any atom is 0.250 e. The van der Waals surface area contributed by atoms with E-state index in [0.29, 0.717) is 39.1 Å². The number of hydrogen-bond acceptors (Lipinski definition) is 6. The molecule has 4 bridgehead atoms. The predicted octanol–water partition coefficient (Wildman–Crippen LogP) is 1.22. The second kappa shape index (κ2) is 9.14. The molecule has 7 atom stereocenters. The highest BCUT2D eigenvalue weighted by atomic mass is 16.8. The third kappa shape index (κ3) is 3.84. The summed E-state index contributed by atoms with van der Waals surface area (Å²) in [6.45, 7) is 3.11. The van der Waals surface area contributed by atoms with Gasteiger partial charge in [-0.2, -0.15) is 5.23 Å². The van der Waals surface area contributed by atoms with Gasteiger partial charge in [-0.05, 0) is 54.9 Å². The van der Waals surface area contributed by atoms with E-state index in [0.717, 1.165) is 35.5 Å². The Labute approximate surface area is 236 Å². The average molecular weight is 556 g/mol. The van der Waals surface area contributed by atoms with Crippen LogP contribution in [0.3, 0.4) is 0 Å². The topological polar surface area (TPSA) is 115 Å². The van der Waals surface area contributed by atoms with Gasteiger partial charge in [-0.1, -0.05) is 12.1 Å². The monoisotopic (exact) mass is 555 g/mol. The first-order valence-corrected chi connectivity index (χ1v) is 14.7. The number of pyridine rings is 2. The van der Waals surface area contributed by atoms with E-state index in [2.05, 4.69) is 4.90 Å². The number of fused-ring (bicyclic) bond motifs is 12. The molecule has 10 heteroatoms. The molecule has 8 rings (SSSR count). The molecule has 0 spiro atoms. The smallest absolute Gasteiger partial charge is 0.250 e. The summed E-state index contributed by atoms with van der Waals surface area (Å²) < 4.78 is 3.78. The molecule has 2 aromatic heterocycles. The van der Waals surface area contributed by atoms with Crippen molar-refractivity contribution in [3.05, 3.63) is 97.5 Å². The lowest BCUT2D eigenvalue weighted by atomic mass is 9.69. The minimum Gasteiger partial charge on any atom is -0.595 e. The Balaban J connectivity index is 1.18. The highest BCUT2D eigenvalue weighted by Gasteiger charge is 2.51. The molecule has 0 radical (unpaired) electrons. The van der Waals surface area contributed by atoms with Crippen molar-refractivity contribution in [2.75, 3.05) is 24.5 Å². The Morgan fingerprint density at radius 3 is 2.29 bits per heavy atom. The number of carbonyl (C=O) groups excluding carboxylic acids is 1. The van der Waals surface area contributed by atoms with Crippen LogP contribution in [0.2, 0.25) is 0 Å². The minimum atomic E-state index is -0.973. The van der Waals surface area contributed by atoms with Gasteiger partial charge in [-0.25, -0.2) is 5.21 Å². The molecule has 41 heavy (non-hydrogen) atoms. The van der Waals surface area contributed by atoms with Gasteiger partial charge >= 0.3 is 0 Å². The third-order valence-corrected chi connectivity index (χ3v) is 10.4. The summed E-state index contributed by atoms with van der Waals surface area (Å²) in [5.74, 6) is 0.427. The summed E-state index contributed by atoms with van der Waals surface area (Å²) in [5.41, 5.74) is 4.23. The van der Waals surface area contributed by atoms with Crippen LogP contribution >= 0.6 is 0 Å². The quantitative estimate of drug-likeness (QED) is 0.460. The predicted molar refractivity (Wildman–Crippen MR) is 150 cm³/mol. The van der Waals surface area contributed by atoms with E-state index in [1.54, 1.807) is 24.3 Å². The molecular weight excluding hydrogens is 522 g/mol. The minimum absolute atomic E-state index is 0.00796. The van der Waals surface area contributed by atoms with Crippen LogP contribution in [-0.2, 0) is 24.3 Å². The van der Waals surface area contributed by atoms with E-state index in [-0.39, 0.29) is 58.3 Å². The molecule has 2 N–H and O–H groups in total. The van der Waals surface area contributed by atoms with E-state index in [4.69, 9.17) is 0 Å². The van der Waals surface area contributed by atoms with Gasteiger partial charge in [0.1, 0.15) is 0 Å². The van der Waals surface area contributed by atoms with Crippen molar-refractivity contribution in [2.45, 2.75) is 50.2 Å². The summed E-state index contributed by atoms with van der Waals surface area (Å²) in [6.07, 6.45) is 2.39. The highest BCUT2D eigenvalue weighted by Crippen LogP contribution is 2.48. The van der Waals surface area contributed by atoms with Crippen molar-refractivity contribution in [2.24, 2.45) is 17.8 Å². The largest absolute Gasteiger partial charge is 0.595 e. The maximum atomic E-state index is 14.6. The second-order valence-electron chi connectivity index (χ2n) is 12.6. The number of piperidine rings is 2. The number of hydrogen-bond donors (Lipinski definition) is 2. The summed E-state index contributed by atoms with van der Waals surface area (Å²) in [7, 11) is 0. The van der Waals surface area contributed by atoms with E-state index in [9.17, 15) is 24.8 Å². The SMILES string of the molecule is O=C([C@@H]1Cc2cc([NH+]([O-])O)ccc2N2CC3CC(Cn4c3cccc4=O)[C@@H]12)N1C[C@H]2C[C@@H](C1)c1cccc(=O)n1C2. The van der Waals surface area contributed by atoms with E-state index in [1.807, 2.05) is 44.4 Å². The van der Waals surface area contributed by atoms with Gasteiger partial charge in [0.25, 0.3) is 11.1 Å². The summed E-state index contributed by atoms with van der Waals surface area (Å²) in [5, 5.41) is 20.6. The molecule has 0 saturated carbocycles. The standard InChI is InChI=1S/C31H33N5O5/c37-28-5-1-3-25-20-9-18(14-33(25)28)13-32(15-20)31(39)24-12-19-11-23(36(40)41)7-8-27(19)35-16-21-10-22(30(24)35)17-34-26(21)4-2-6-29(34)38/h1-8,11,18,20-22,24,30,36,40H,9-10,12-17H2/t18-,20+,21?,22?,24-,30+/m1/s1. The van der Waals surface area contributed by atoms with Gasteiger partial charge in [0, 0.05) is 91.9 Å². The van der Waals surface area contributed by atoms with Crippen molar-refractivity contribution in [3.8, 4) is 0 Å². The molecule has 2 fully saturated rings. The Hall–Kier alpha value is -3.73. The van der Waals surface area contributed by atoms with Gasteiger partial charge in [0.2, 0.25) is 5.91 Å². The first kappa shape index (κ1) is 25.0. The van der Waals surface area contributed by atoms with Gasteiger partial charge in [0.15, 0.2) is 5.69 Å². The van der Waals surface area contributed by atoms with Crippen molar-refractivity contribution < 1.29 is 15.2 Å². The van der Waals surface area contributed by atoms with E-state index >= 15 is 0 Å². The molecule has 3 aromatic rings. The summed E-state index contributed by atoms with van der Waals surface area (Å²) in [6, 6.07) is 16.2. The molecule has 5 aliphatic heterocycles. The van der Waals surface area contributed by atoms with Crippen LogP contribution in [0.5, 0.6) is 0 Å². The molecule has 0 aliphatic carbocycles. The summed E-state index contributed by atoms with van der Waals surface area (Å²) >= 11 is 0. The lowest BCUT2D eigenvalue weighted by Crippen LogP contribution is -2.99. The van der Waals surface area contributed by atoms with Crippen molar-refractivity contribution in [3.63, 3.8) is 0 Å². The number of benzene rings is 1. The lowest BCUT2D eigenvalue weighted by molar-refractivity contribution is -0.991. The number of likely N-dealkylation sites (tertiary alicyclic amines) is 1. The molecule has 212 valence electrons. The fourth-order valence-corrected chi connectivity index (χ4v) is 8.78. The van der Waals surface area contributed by atoms with Crippen LogP contribution in [0.25, 0.3) is 0 Å². The zero-order valence-electron chi connectivity index (χ0n) is 22.7. The number of anilines is 1. The van der Waals surface area contributed by atoms with E-state index in [1.165, 1.54) is 0 Å². The number of quaternary nitrogens is 1. The van der Waals surface area contributed by atoms with Gasteiger partial charge in [-0.3, -0.25) is 14.4 Å². The average Bonchev–Trinajstić information content (AvgIpc) is 2.97. The number of carbonyl (C=O) groups is 1. The molecule has 10 nitrogen and oxygen atoms in total. The number of amides is 1. The highest BCUT2D eigenvalue weighted by molar-refractivity contribution is 5.83. The zero-order valence-corrected chi connectivity index (χ0v) is 22.7. The van der Waals surface area contributed by atoms with Gasteiger partial charge in [0.05, 0.1) is 5.92 Å². The van der Waals surface area contributed by atoms with Crippen molar-refractivity contribution in [1.29, 1.82) is 0 Å². The fourth-order valence-electron chi connectivity index (χ4n) is 8.78. The first-order chi connectivity index (χ1) is 19.9. The van der Waals surface area contributed by atoms with Gasteiger partial charge < -0.3 is 24.1 Å². The zero-order chi connectivity index (χ0) is 28.0. The van der Waals surface area contributed by atoms with Crippen LogP contribution < -0.4 is 21.2 Å². The molecular formula is C31H33N5O5. The van der Waals surface area contributed by atoms with Crippen LogP contribution in [-0.4, -0.2) is 50.8 Å². The first-order valence-electron chi connectivity index (χ1n) is 14.7. The van der Waals surface area contributed by atoms with Crippen LogP contribution in [0, 0.1) is 23.0 Å². The van der Waals surface area contributed by atoms with E-state index < -0.39 is 5.23 Å². The van der Waals surface area contributed by atoms with Crippen molar-refractivity contribution in [1.82, 2.24) is 14.0 Å². The molecule has 1 amide bonds. The van der Waals surface area contributed by atoms with Gasteiger partial charge in [-0.15, -0.1) is 0 Å². The Bertz CT molecular complexity index is 1680. The van der Waals surface area contributed by atoms with Crippen LogP contribution in [0.1, 0.15) is 41.6 Å². The van der Waals surface area contributed by atoms with Crippen LogP contribution in [0.4, 0.5) is 11.4 Å². The third-order valence-electron chi connectivity index (χ3n) is 10.4. The Morgan fingerprint density at radius 1 is 0.854 bits per heavy atom. The van der Waals surface area contributed by atoms with Crippen LogP contribution in [0.15, 0.2) is 64.2 Å².